The second-order valence-electron chi connectivity index (χ2n) is 4.47. The number of rotatable bonds is 3. The zero-order valence-electron chi connectivity index (χ0n) is 9.69. The van der Waals surface area contributed by atoms with Crippen LogP contribution < -0.4 is 0 Å². The molecule has 0 unspecified atom stereocenters. The van der Waals surface area contributed by atoms with Crippen LogP contribution in [0.2, 0.25) is 0 Å². The van der Waals surface area contributed by atoms with Crippen molar-refractivity contribution < 1.29 is 9.53 Å². The number of hydrogen-bond acceptors (Lipinski definition) is 2. The van der Waals surface area contributed by atoms with Gasteiger partial charge >= 0.3 is 5.97 Å². The number of carbonyl (C=O) groups is 1. The number of fused-ring (bicyclic) bond motifs is 1. The molecule has 2 heteroatoms. The van der Waals surface area contributed by atoms with E-state index in [-0.39, 0.29) is 5.97 Å². The van der Waals surface area contributed by atoms with Crippen molar-refractivity contribution >= 4 is 11.7 Å². The van der Waals surface area contributed by atoms with Crippen molar-refractivity contribution in [3.8, 4) is 0 Å². The Kier molecular flexibility index (Phi) is 3.09. The summed E-state index contributed by atoms with van der Waals surface area (Å²) in [5.74, 6) is 1.16. The Labute approximate surface area is 95.9 Å². The average molecular weight is 216 g/mol. The number of cyclic esters (lactones) is 1. The number of carbonyl (C=O) groups excluding carboxylic acids is 1. The Bertz CT molecular complexity index is 430. The minimum Gasteiger partial charge on any atom is -0.423 e. The van der Waals surface area contributed by atoms with Gasteiger partial charge in [-0.05, 0) is 30.9 Å². The lowest BCUT2D eigenvalue weighted by Gasteiger charge is -2.01. The molecule has 0 spiro atoms. The third-order valence-corrected chi connectivity index (χ3v) is 2.69. The van der Waals surface area contributed by atoms with Gasteiger partial charge in [0.2, 0.25) is 0 Å². The van der Waals surface area contributed by atoms with Gasteiger partial charge in [-0.15, -0.1) is 0 Å². The van der Waals surface area contributed by atoms with E-state index in [1.807, 2.05) is 24.3 Å². The summed E-state index contributed by atoms with van der Waals surface area (Å²) in [5.41, 5.74) is 1.61. The first-order valence-corrected chi connectivity index (χ1v) is 5.70. The SMILES string of the molecule is CC(C)CC/C=C1\OC(=O)c2ccccc21. The summed E-state index contributed by atoms with van der Waals surface area (Å²) in [4.78, 5) is 11.5. The van der Waals surface area contributed by atoms with Crippen LogP contribution in [0.5, 0.6) is 0 Å². The van der Waals surface area contributed by atoms with Crippen LogP contribution in [0.15, 0.2) is 30.3 Å². The molecule has 2 rings (SSSR count). The fourth-order valence-electron chi connectivity index (χ4n) is 1.79. The van der Waals surface area contributed by atoms with Gasteiger partial charge in [0, 0.05) is 5.56 Å². The zero-order chi connectivity index (χ0) is 11.5. The van der Waals surface area contributed by atoms with Crippen LogP contribution >= 0.6 is 0 Å². The van der Waals surface area contributed by atoms with Crippen LogP contribution in [-0.2, 0) is 4.74 Å². The van der Waals surface area contributed by atoms with Crippen LogP contribution in [0.3, 0.4) is 0 Å². The highest BCUT2D eigenvalue weighted by Gasteiger charge is 2.24. The predicted octanol–water partition coefficient (Wildman–Crippen LogP) is 3.63. The third-order valence-electron chi connectivity index (χ3n) is 2.69. The first kappa shape index (κ1) is 10.9. The molecule has 0 bridgehead atoms. The summed E-state index contributed by atoms with van der Waals surface area (Å²) in [6.45, 7) is 4.38. The van der Waals surface area contributed by atoms with E-state index in [9.17, 15) is 4.79 Å². The van der Waals surface area contributed by atoms with Gasteiger partial charge in [0.15, 0.2) is 0 Å². The molecule has 0 amide bonds. The molecule has 0 aromatic heterocycles. The molecule has 0 radical (unpaired) electrons. The summed E-state index contributed by atoms with van der Waals surface area (Å²) in [7, 11) is 0. The highest BCUT2D eigenvalue weighted by Crippen LogP contribution is 2.29. The van der Waals surface area contributed by atoms with Gasteiger partial charge < -0.3 is 4.74 Å². The summed E-state index contributed by atoms with van der Waals surface area (Å²) >= 11 is 0. The molecule has 0 saturated heterocycles. The highest BCUT2D eigenvalue weighted by atomic mass is 16.5. The Morgan fingerprint density at radius 3 is 2.62 bits per heavy atom. The third kappa shape index (κ3) is 2.16. The minimum absolute atomic E-state index is 0.230. The van der Waals surface area contributed by atoms with Gasteiger partial charge in [0.25, 0.3) is 0 Å². The first-order chi connectivity index (χ1) is 7.68. The van der Waals surface area contributed by atoms with Crippen LogP contribution in [0.25, 0.3) is 5.76 Å². The van der Waals surface area contributed by atoms with Crippen LogP contribution in [0, 0.1) is 5.92 Å². The van der Waals surface area contributed by atoms with Crippen molar-refractivity contribution in [2.24, 2.45) is 5.92 Å². The predicted molar refractivity (Wildman–Crippen MR) is 63.9 cm³/mol. The largest absolute Gasteiger partial charge is 0.423 e. The standard InChI is InChI=1S/C14H16O2/c1-10(2)6-5-9-13-11-7-3-4-8-12(11)14(15)16-13/h3-4,7-10H,5-6H2,1-2H3/b13-9-. The monoisotopic (exact) mass is 216 g/mol. The maximum Gasteiger partial charge on any atom is 0.344 e. The molecule has 1 aromatic carbocycles. The number of ether oxygens (including phenoxy) is 1. The van der Waals surface area contributed by atoms with Gasteiger partial charge in [-0.3, -0.25) is 0 Å². The molecule has 1 aromatic rings. The zero-order valence-corrected chi connectivity index (χ0v) is 9.69. The van der Waals surface area contributed by atoms with E-state index in [0.29, 0.717) is 11.5 Å². The number of hydrogen-bond donors (Lipinski definition) is 0. The first-order valence-electron chi connectivity index (χ1n) is 5.70. The van der Waals surface area contributed by atoms with E-state index in [0.717, 1.165) is 24.2 Å². The van der Waals surface area contributed by atoms with E-state index in [1.54, 1.807) is 6.07 Å². The molecule has 84 valence electrons. The van der Waals surface area contributed by atoms with Crippen LogP contribution in [0.4, 0.5) is 0 Å². The van der Waals surface area contributed by atoms with E-state index < -0.39 is 0 Å². The molecule has 0 atom stereocenters. The van der Waals surface area contributed by atoms with E-state index in [4.69, 9.17) is 4.74 Å². The number of allylic oxidation sites excluding steroid dienone is 1. The Morgan fingerprint density at radius 2 is 1.94 bits per heavy atom. The van der Waals surface area contributed by atoms with E-state index in [1.165, 1.54) is 0 Å². The molecule has 0 N–H and O–H groups in total. The second-order valence-corrected chi connectivity index (χ2v) is 4.47. The van der Waals surface area contributed by atoms with E-state index in [2.05, 4.69) is 13.8 Å². The summed E-state index contributed by atoms with van der Waals surface area (Å²) in [6, 6.07) is 7.52. The smallest absolute Gasteiger partial charge is 0.344 e. The van der Waals surface area contributed by atoms with Crippen molar-refractivity contribution in [3.63, 3.8) is 0 Å². The van der Waals surface area contributed by atoms with Gasteiger partial charge in [0.1, 0.15) is 5.76 Å². The van der Waals surface area contributed by atoms with Crippen molar-refractivity contribution in [2.75, 3.05) is 0 Å². The summed E-state index contributed by atoms with van der Waals surface area (Å²) in [6.07, 6.45) is 4.08. The molecule has 1 heterocycles. The Balaban J connectivity index is 2.17. The topological polar surface area (TPSA) is 26.3 Å². The van der Waals surface area contributed by atoms with Crippen LogP contribution in [0.1, 0.15) is 42.6 Å². The summed E-state index contributed by atoms with van der Waals surface area (Å²) in [5, 5.41) is 0. The highest BCUT2D eigenvalue weighted by molar-refractivity contribution is 6.02. The second kappa shape index (κ2) is 4.52. The molecule has 0 fully saturated rings. The fourth-order valence-corrected chi connectivity index (χ4v) is 1.79. The fraction of sp³-hybridized carbons (Fsp3) is 0.357. The Hall–Kier alpha value is -1.57. The van der Waals surface area contributed by atoms with Gasteiger partial charge in [-0.2, -0.15) is 0 Å². The minimum atomic E-state index is -0.230. The number of esters is 1. The molecule has 1 aliphatic rings. The molecule has 2 nitrogen and oxygen atoms in total. The van der Waals surface area contributed by atoms with Gasteiger partial charge in [-0.25, -0.2) is 4.79 Å². The quantitative estimate of drug-likeness (QED) is 0.721. The molecular weight excluding hydrogens is 200 g/mol. The lowest BCUT2D eigenvalue weighted by molar-refractivity contribution is 0.0715. The molecule has 1 aliphatic heterocycles. The summed E-state index contributed by atoms with van der Waals surface area (Å²) < 4.78 is 5.24. The maximum atomic E-state index is 11.5. The van der Waals surface area contributed by atoms with Crippen LogP contribution in [-0.4, -0.2) is 5.97 Å². The molecule has 16 heavy (non-hydrogen) atoms. The van der Waals surface area contributed by atoms with Gasteiger partial charge in [0.05, 0.1) is 5.56 Å². The van der Waals surface area contributed by atoms with Crippen molar-refractivity contribution in [1.29, 1.82) is 0 Å². The normalized spacial score (nSPS) is 16.7. The number of benzene rings is 1. The van der Waals surface area contributed by atoms with Gasteiger partial charge in [-0.1, -0.05) is 32.0 Å². The van der Waals surface area contributed by atoms with Crippen molar-refractivity contribution in [2.45, 2.75) is 26.7 Å². The maximum absolute atomic E-state index is 11.5. The average Bonchev–Trinajstić information content (AvgIpc) is 2.57. The molecular formula is C14H16O2. The lowest BCUT2D eigenvalue weighted by Crippen LogP contribution is -1.92. The van der Waals surface area contributed by atoms with E-state index >= 15 is 0 Å². The molecule has 0 aliphatic carbocycles. The Morgan fingerprint density at radius 1 is 1.25 bits per heavy atom. The molecule has 0 saturated carbocycles. The lowest BCUT2D eigenvalue weighted by atomic mass is 10.1. The van der Waals surface area contributed by atoms with Crippen molar-refractivity contribution in [3.05, 3.63) is 41.5 Å². The van der Waals surface area contributed by atoms with Crippen molar-refractivity contribution in [1.82, 2.24) is 0 Å².